The summed E-state index contributed by atoms with van der Waals surface area (Å²) in [6.45, 7) is 6.44. The Morgan fingerprint density at radius 1 is 1.25 bits per heavy atom. The Labute approximate surface area is 130 Å². The minimum atomic E-state index is -0.523. The summed E-state index contributed by atoms with van der Waals surface area (Å²) in [6, 6.07) is 0. The molecular weight excluding hydrogens is 272 g/mol. The van der Waals surface area contributed by atoms with Crippen molar-refractivity contribution in [1.29, 1.82) is 0 Å². The minimum absolute atomic E-state index is 0. The van der Waals surface area contributed by atoms with Gasteiger partial charge < -0.3 is 10.6 Å². The molecule has 1 saturated carbocycles. The fourth-order valence-electron chi connectivity index (χ4n) is 3.53. The summed E-state index contributed by atoms with van der Waals surface area (Å²) in [4.78, 5) is 14.5. The van der Waals surface area contributed by atoms with E-state index in [0.717, 1.165) is 50.6 Å². The van der Waals surface area contributed by atoms with Crippen LogP contribution in [0.2, 0.25) is 0 Å². The highest BCUT2D eigenvalue weighted by atomic mass is 35.5. The zero-order chi connectivity index (χ0) is 13.9. The summed E-state index contributed by atoms with van der Waals surface area (Å²) in [7, 11) is 0. The number of likely N-dealkylation sites (tertiary alicyclic amines) is 1. The standard InChI is InChI=1S/C16H30N2O.ClH/c1-13(2)5-6-14-7-11-18(12-8-14)15(19)16(17)9-3-4-10-16;/h13-14H,3-12,17H2,1-2H3;1H. The van der Waals surface area contributed by atoms with Gasteiger partial charge in [0.15, 0.2) is 0 Å². The number of carbonyl (C=O) groups is 1. The first kappa shape index (κ1) is 17.8. The predicted molar refractivity (Wildman–Crippen MR) is 86.0 cm³/mol. The van der Waals surface area contributed by atoms with E-state index in [9.17, 15) is 4.79 Å². The number of halogens is 1. The van der Waals surface area contributed by atoms with E-state index in [1.807, 2.05) is 4.90 Å². The van der Waals surface area contributed by atoms with E-state index in [0.29, 0.717) is 0 Å². The molecule has 1 amide bonds. The molecule has 4 heteroatoms. The van der Waals surface area contributed by atoms with E-state index in [2.05, 4.69) is 13.8 Å². The molecule has 2 rings (SSSR count). The van der Waals surface area contributed by atoms with Gasteiger partial charge in [-0.05, 0) is 37.5 Å². The summed E-state index contributed by atoms with van der Waals surface area (Å²) >= 11 is 0. The van der Waals surface area contributed by atoms with Crippen LogP contribution in [0, 0.1) is 11.8 Å². The molecule has 0 unspecified atom stereocenters. The van der Waals surface area contributed by atoms with E-state index in [4.69, 9.17) is 5.73 Å². The Hall–Kier alpha value is -0.280. The summed E-state index contributed by atoms with van der Waals surface area (Å²) < 4.78 is 0. The van der Waals surface area contributed by atoms with Crippen LogP contribution >= 0.6 is 12.4 Å². The van der Waals surface area contributed by atoms with Gasteiger partial charge in [-0.15, -0.1) is 12.4 Å². The lowest BCUT2D eigenvalue weighted by molar-refractivity contribution is -0.138. The first-order chi connectivity index (χ1) is 9.01. The Morgan fingerprint density at radius 3 is 2.30 bits per heavy atom. The van der Waals surface area contributed by atoms with Gasteiger partial charge in [0, 0.05) is 13.1 Å². The SMILES string of the molecule is CC(C)CCC1CCN(C(=O)C2(N)CCCC2)CC1.Cl. The lowest BCUT2D eigenvalue weighted by Gasteiger charge is -2.37. The van der Waals surface area contributed by atoms with Crippen LogP contribution in [-0.4, -0.2) is 29.4 Å². The van der Waals surface area contributed by atoms with Crippen molar-refractivity contribution < 1.29 is 4.79 Å². The maximum atomic E-state index is 12.5. The monoisotopic (exact) mass is 302 g/mol. The van der Waals surface area contributed by atoms with Gasteiger partial charge >= 0.3 is 0 Å². The maximum Gasteiger partial charge on any atom is 0.242 e. The topological polar surface area (TPSA) is 46.3 Å². The Kier molecular flexibility index (Phi) is 6.80. The van der Waals surface area contributed by atoms with Crippen LogP contribution in [0.1, 0.15) is 65.2 Å². The smallest absolute Gasteiger partial charge is 0.242 e. The van der Waals surface area contributed by atoms with Crippen molar-refractivity contribution in [3.8, 4) is 0 Å². The maximum absolute atomic E-state index is 12.5. The molecule has 1 heterocycles. The fraction of sp³-hybridized carbons (Fsp3) is 0.938. The van der Waals surface area contributed by atoms with Crippen LogP contribution in [-0.2, 0) is 4.79 Å². The number of hydrogen-bond acceptors (Lipinski definition) is 2. The molecule has 1 aliphatic carbocycles. The first-order valence-corrected chi connectivity index (χ1v) is 8.09. The van der Waals surface area contributed by atoms with Crippen molar-refractivity contribution in [3.05, 3.63) is 0 Å². The van der Waals surface area contributed by atoms with Crippen LogP contribution in [0.5, 0.6) is 0 Å². The van der Waals surface area contributed by atoms with E-state index in [1.165, 1.54) is 25.7 Å². The highest BCUT2D eigenvalue weighted by Crippen LogP contribution is 2.31. The summed E-state index contributed by atoms with van der Waals surface area (Å²) in [5.74, 6) is 1.85. The number of hydrogen-bond donors (Lipinski definition) is 1. The van der Waals surface area contributed by atoms with Gasteiger partial charge in [-0.25, -0.2) is 0 Å². The molecular formula is C16H31ClN2O. The fourth-order valence-corrected chi connectivity index (χ4v) is 3.53. The van der Waals surface area contributed by atoms with Crippen LogP contribution in [0.15, 0.2) is 0 Å². The molecule has 0 aromatic rings. The van der Waals surface area contributed by atoms with E-state index in [1.54, 1.807) is 0 Å². The van der Waals surface area contributed by atoms with Crippen molar-refractivity contribution in [2.24, 2.45) is 17.6 Å². The molecule has 1 aliphatic heterocycles. The molecule has 3 nitrogen and oxygen atoms in total. The average molecular weight is 303 g/mol. The largest absolute Gasteiger partial charge is 0.341 e. The number of rotatable bonds is 4. The second kappa shape index (κ2) is 7.65. The highest BCUT2D eigenvalue weighted by Gasteiger charge is 2.40. The summed E-state index contributed by atoms with van der Waals surface area (Å²) in [5.41, 5.74) is 5.75. The zero-order valence-electron chi connectivity index (χ0n) is 13.1. The quantitative estimate of drug-likeness (QED) is 0.865. The van der Waals surface area contributed by atoms with Crippen LogP contribution in [0.3, 0.4) is 0 Å². The highest BCUT2D eigenvalue weighted by molar-refractivity contribution is 5.86. The third-order valence-corrected chi connectivity index (χ3v) is 4.98. The van der Waals surface area contributed by atoms with Gasteiger partial charge in [0.25, 0.3) is 0 Å². The van der Waals surface area contributed by atoms with Crippen LogP contribution in [0.25, 0.3) is 0 Å². The Morgan fingerprint density at radius 2 is 1.80 bits per heavy atom. The molecule has 0 atom stereocenters. The molecule has 0 radical (unpaired) electrons. The molecule has 0 spiro atoms. The van der Waals surface area contributed by atoms with Gasteiger partial charge in [0.05, 0.1) is 5.54 Å². The lowest BCUT2D eigenvalue weighted by Crippen LogP contribution is -2.55. The normalized spacial score (nSPS) is 22.9. The molecule has 0 aromatic heterocycles. The zero-order valence-corrected chi connectivity index (χ0v) is 13.9. The molecule has 0 bridgehead atoms. The van der Waals surface area contributed by atoms with Gasteiger partial charge in [-0.3, -0.25) is 4.79 Å². The summed E-state index contributed by atoms with van der Waals surface area (Å²) in [5, 5.41) is 0. The van der Waals surface area contributed by atoms with Crippen molar-refractivity contribution >= 4 is 18.3 Å². The average Bonchev–Trinajstić information content (AvgIpc) is 2.84. The molecule has 2 N–H and O–H groups in total. The number of nitrogens with two attached hydrogens (primary N) is 1. The third-order valence-electron chi connectivity index (χ3n) is 4.98. The van der Waals surface area contributed by atoms with Gasteiger partial charge in [0.2, 0.25) is 5.91 Å². The van der Waals surface area contributed by atoms with Crippen LogP contribution in [0.4, 0.5) is 0 Å². The Bertz CT molecular complexity index is 306. The molecule has 2 aliphatic rings. The van der Waals surface area contributed by atoms with Crippen molar-refractivity contribution in [2.45, 2.75) is 70.8 Å². The van der Waals surface area contributed by atoms with E-state index < -0.39 is 5.54 Å². The predicted octanol–water partition coefficient (Wildman–Crippen LogP) is 3.35. The Balaban J connectivity index is 0.00000200. The second-order valence-corrected chi connectivity index (χ2v) is 7.07. The van der Waals surface area contributed by atoms with E-state index in [-0.39, 0.29) is 18.3 Å². The first-order valence-electron chi connectivity index (χ1n) is 8.09. The van der Waals surface area contributed by atoms with Gasteiger partial charge in [-0.1, -0.05) is 39.5 Å². The van der Waals surface area contributed by atoms with Crippen molar-refractivity contribution in [3.63, 3.8) is 0 Å². The van der Waals surface area contributed by atoms with Crippen LogP contribution < -0.4 is 5.73 Å². The number of carbonyl (C=O) groups excluding carboxylic acids is 1. The van der Waals surface area contributed by atoms with Crippen molar-refractivity contribution in [1.82, 2.24) is 4.90 Å². The molecule has 2 fully saturated rings. The molecule has 20 heavy (non-hydrogen) atoms. The lowest BCUT2D eigenvalue weighted by atomic mass is 9.88. The summed E-state index contributed by atoms with van der Waals surface area (Å²) in [6.07, 6.45) is 9.01. The number of nitrogens with zero attached hydrogens (tertiary/aromatic N) is 1. The van der Waals surface area contributed by atoms with E-state index >= 15 is 0 Å². The third kappa shape index (κ3) is 4.36. The number of piperidine rings is 1. The van der Waals surface area contributed by atoms with Crippen molar-refractivity contribution in [2.75, 3.05) is 13.1 Å². The molecule has 0 aromatic carbocycles. The number of amides is 1. The minimum Gasteiger partial charge on any atom is -0.341 e. The molecule has 1 saturated heterocycles. The molecule has 118 valence electrons. The van der Waals surface area contributed by atoms with Gasteiger partial charge in [0.1, 0.15) is 0 Å². The second-order valence-electron chi connectivity index (χ2n) is 7.07. The van der Waals surface area contributed by atoms with Gasteiger partial charge in [-0.2, -0.15) is 0 Å².